The van der Waals surface area contributed by atoms with Gasteiger partial charge in [0, 0.05) is 32.0 Å². The summed E-state index contributed by atoms with van der Waals surface area (Å²) in [5.41, 5.74) is -5.58. The van der Waals surface area contributed by atoms with Crippen molar-refractivity contribution in [3.05, 3.63) is 47.8 Å². The highest BCUT2D eigenvalue weighted by Gasteiger charge is 2.49. The molecule has 30 heavy (non-hydrogen) atoms. The van der Waals surface area contributed by atoms with Crippen LogP contribution in [0.3, 0.4) is 0 Å². The van der Waals surface area contributed by atoms with Gasteiger partial charge in [-0.3, -0.25) is 4.79 Å². The van der Waals surface area contributed by atoms with E-state index in [2.05, 4.69) is 20.2 Å². The van der Waals surface area contributed by atoms with Crippen molar-refractivity contribution in [2.75, 3.05) is 18.0 Å². The normalized spacial score (nSPS) is 15.5. The minimum absolute atomic E-state index is 0.0213. The molecule has 2 aromatic rings. The zero-order valence-corrected chi connectivity index (χ0v) is 16.8. The molecular weight excluding hydrogens is 421 g/mol. The Morgan fingerprint density at radius 2 is 1.77 bits per heavy atom. The number of pyridine rings is 2. The number of hydrogen-bond acceptors (Lipinski definition) is 6. The number of aromatic nitrogens is 2. The third-order valence-corrected chi connectivity index (χ3v) is 6.21. The van der Waals surface area contributed by atoms with Gasteiger partial charge < -0.3 is 10.2 Å². The number of hydrogen-bond donors (Lipinski definition) is 1. The van der Waals surface area contributed by atoms with E-state index in [1.54, 1.807) is 12.3 Å². The van der Waals surface area contributed by atoms with Crippen LogP contribution in [0.25, 0.3) is 0 Å². The number of alkyl halides is 3. The lowest BCUT2D eigenvalue weighted by Crippen LogP contribution is -2.30. The molecule has 0 bridgehead atoms. The molecule has 1 aliphatic rings. The van der Waals surface area contributed by atoms with Gasteiger partial charge in [0.15, 0.2) is 5.03 Å². The Bertz CT molecular complexity index is 987. The van der Waals surface area contributed by atoms with Crippen LogP contribution in [-0.2, 0) is 16.4 Å². The Morgan fingerprint density at radius 3 is 2.37 bits per heavy atom. The van der Waals surface area contributed by atoms with Crippen molar-refractivity contribution in [3.8, 4) is 0 Å². The van der Waals surface area contributed by atoms with Gasteiger partial charge in [0.1, 0.15) is 5.82 Å². The smallest absolute Gasteiger partial charge is 0.357 e. The van der Waals surface area contributed by atoms with E-state index in [-0.39, 0.29) is 6.54 Å². The molecule has 0 atom stereocenters. The van der Waals surface area contributed by atoms with Gasteiger partial charge >= 0.3 is 5.51 Å². The van der Waals surface area contributed by atoms with E-state index in [1.165, 1.54) is 18.9 Å². The molecule has 0 unspecified atom stereocenters. The number of amides is 1. The monoisotopic (exact) mass is 442 g/mol. The third kappa shape index (κ3) is 4.89. The predicted molar refractivity (Wildman–Crippen MR) is 104 cm³/mol. The van der Waals surface area contributed by atoms with Crippen LogP contribution in [0.2, 0.25) is 0 Å². The lowest BCUT2D eigenvalue weighted by atomic mass is 10.2. The number of sulfone groups is 1. The molecule has 2 aromatic heterocycles. The summed E-state index contributed by atoms with van der Waals surface area (Å²) in [6.07, 6.45) is 7.07. The molecule has 0 radical (unpaired) electrons. The van der Waals surface area contributed by atoms with Crippen molar-refractivity contribution in [1.82, 2.24) is 15.3 Å². The van der Waals surface area contributed by atoms with Crippen molar-refractivity contribution in [3.63, 3.8) is 0 Å². The molecule has 1 fully saturated rings. The fourth-order valence-electron chi connectivity index (χ4n) is 3.17. The van der Waals surface area contributed by atoms with E-state index in [9.17, 15) is 26.4 Å². The standard InChI is InChI=1S/C19H21F3N4O3S/c20-19(21,22)30(28,29)18-15(6-5-9-23-18)17(27)25-13-14-7-8-16(24-12-14)26-10-3-1-2-4-11-26/h5-9,12H,1-4,10-11,13H2,(H,25,27). The van der Waals surface area contributed by atoms with E-state index < -0.39 is 31.8 Å². The van der Waals surface area contributed by atoms with Gasteiger partial charge in [0.2, 0.25) is 0 Å². The van der Waals surface area contributed by atoms with Crippen LogP contribution in [-0.4, -0.2) is 42.9 Å². The molecule has 11 heteroatoms. The Hall–Kier alpha value is -2.69. The number of halogens is 3. The van der Waals surface area contributed by atoms with Gasteiger partial charge in [-0.15, -0.1) is 0 Å². The lowest BCUT2D eigenvalue weighted by Gasteiger charge is -2.21. The van der Waals surface area contributed by atoms with Crippen LogP contribution in [0, 0.1) is 0 Å². The molecule has 7 nitrogen and oxygen atoms in total. The zero-order chi connectivity index (χ0) is 21.8. The van der Waals surface area contributed by atoms with Gasteiger partial charge in [0.25, 0.3) is 15.7 Å². The van der Waals surface area contributed by atoms with Crippen LogP contribution in [0.5, 0.6) is 0 Å². The fourth-order valence-corrected chi connectivity index (χ4v) is 4.04. The molecular formula is C19H21F3N4O3S. The second kappa shape index (κ2) is 8.99. The molecule has 1 saturated heterocycles. The van der Waals surface area contributed by atoms with E-state index in [0.29, 0.717) is 5.56 Å². The Labute approximate surface area is 172 Å². The summed E-state index contributed by atoms with van der Waals surface area (Å²) in [6.45, 7) is 1.84. The Kier molecular flexibility index (Phi) is 6.59. The SMILES string of the molecule is O=C(NCc1ccc(N2CCCCCC2)nc1)c1cccnc1S(=O)(=O)C(F)(F)F. The highest BCUT2D eigenvalue weighted by Crippen LogP contribution is 2.30. The van der Waals surface area contributed by atoms with Crippen molar-refractivity contribution in [2.24, 2.45) is 0 Å². The van der Waals surface area contributed by atoms with E-state index in [1.807, 2.05) is 6.07 Å². The largest absolute Gasteiger partial charge is 0.503 e. The van der Waals surface area contributed by atoms with Gasteiger partial charge in [0.05, 0.1) is 5.56 Å². The molecule has 162 valence electrons. The molecule has 0 aliphatic carbocycles. The number of anilines is 1. The summed E-state index contributed by atoms with van der Waals surface area (Å²) in [4.78, 5) is 22.2. The highest BCUT2D eigenvalue weighted by molar-refractivity contribution is 7.92. The van der Waals surface area contributed by atoms with Gasteiger partial charge in [-0.25, -0.2) is 18.4 Å². The number of nitrogens with zero attached hydrogens (tertiary/aromatic N) is 3. The number of nitrogens with one attached hydrogen (secondary N) is 1. The maximum Gasteiger partial charge on any atom is 0.503 e. The van der Waals surface area contributed by atoms with Crippen LogP contribution in [0.15, 0.2) is 41.7 Å². The second-order valence-electron chi connectivity index (χ2n) is 6.91. The fraction of sp³-hybridized carbons (Fsp3) is 0.421. The summed E-state index contributed by atoms with van der Waals surface area (Å²) in [5.74, 6) is -0.139. The first kappa shape index (κ1) is 22.0. The Morgan fingerprint density at radius 1 is 1.07 bits per heavy atom. The van der Waals surface area contributed by atoms with Crippen LogP contribution in [0.1, 0.15) is 41.6 Å². The van der Waals surface area contributed by atoms with Crippen LogP contribution < -0.4 is 10.2 Å². The summed E-state index contributed by atoms with van der Waals surface area (Å²) >= 11 is 0. The quantitative estimate of drug-likeness (QED) is 0.765. The third-order valence-electron chi connectivity index (χ3n) is 4.77. The summed E-state index contributed by atoms with van der Waals surface area (Å²) in [5, 5.41) is 1.11. The van der Waals surface area contributed by atoms with E-state index in [4.69, 9.17) is 0 Å². The van der Waals surface area contributed by atoms with Crippen molar-refractivity contribution in [1.29, 1.82) is 0 Å². The molecule has 0 aromatic carbocycles. The maximum atomic E-state index is 12.9. The number of carbonyl (C=O) groups excluding carboxylic acids is 1. The van der Waals surface area contributed by atoms with E-state index in [0.717, 1.165) is 44.0 Å². The first-order chi connectivity index (χ1) is 14.2. The van der Waals surface area contributed by atoms with Gasteiger partial charge in [-0.1, -0.05) is 18.9 Å². The number of carbonyl (C=O) groups is 1. The topological polar surface area (TPSA) is 92.3 Å². The van der Waals surface area contributed by atoms with E-state index >= 15 is 0 Å². The minimum atomic E-state index is -5.75. The van der Waals surface area contributed by atoms with Crippen LogP contribution >= 0.6 is 0 Å². The average Bonchev–Trinajstić information content (AvgIpc) is 3.01. The van der Waals surface area contributed by atoms with Gasteiger partial charge in [-0.2, -0.15) is 13.2 Å². The highest BCUT2D eigenvalue weighted by atomic mass is 32.2. The van der Waals surface area contributed by atoms with Crippen molar-refractivity contribution in [2.45, 2.75) is 42.8 Å². The zero-order valence-electron chi connectivity index (χ0n) is 16.0. The van der Waals surface area contributed by atoms with Gasteiger partial charge in [-0.05, 0) is 36.6 Å². The number of rotatable bonds is 5. The Balaban J connectivity index is 1.69. The second-order valence-corrected chi connectivity index (χ2v) is 8.77. The first-order valence-corrected chi connectivity index (χ1v) is 10.9. The maximum absolute atomic E-state index is 12.9. The van der Waals surface area contributed by atoms with Crippen LogP contribution in [0.4, 0.5) is 19.0 Å². The van der Waals surface area contributed by atoms with Crippen molar-refractivity contribution >= 4 is 21.6 Å². The summed E-state index contributed by atoms with van der Waals surface area (Å²) < 4.78 is 61.9. The first-order valence-electron chi connectivity index (χ1n) is 9.44. The molecule has 1 amide bonds. The van der Waals surface area contributed by atoms with Crippen molar-refractivity contribution < 1.29 is 26.4 Å². The molecule has 3 rings (SSSR count). The molecule has 1 aliphatic heterocycles. The minimum Gasteiger partial charge on any atom is -0.357 e. The molecule has 3 heterocycles. The summed E-state index contributed by atoms with van der Waals surface area (Å²) in [6, 6.07) is 5.78. The summed E-state index contributed by atoms with van der Waals surface area (Å²) in [7, 11) is -5.75. The molecule has 0 spiro atoms. The molecule has 1 N–H and O–H groups in total. The lowest BCUT2D eigenvalue weighted by molar-refractivity contribution is -0.0438. The molecule has 0 saturated carbocycles. The predicted octanol–water partition coefficient (Wildman–Crippen LogP) is 3.08. The average molecular weight is 442 g/mol.